The maximum absolute atomic E-state index is 11.8. The van der Waals surface area contributed by atoms with Crippen LogP contribution >= 0.6 is 11.6 Å². The van der Waals surface area contributed by atoms with Crippen LogP contribution in [0.1, 0.15) is 16.1 Å². The maximum atomic E-state index is 11.8. The molecule has 0 spiro atoms. The first-order chi connectivity index (χ1) is 12.0. The number of aromatic nitrogens is 3. The topological polar surface area (TPSA) is 81.2 Å². The summed E-state index contributed by atoms with van der Waals surface area (Å²) < 4.78 is 6.97. The molecule has 0 saturated carbocycles. The number of hydrogen-bond donors (Lipinski definition) is 1. The van der Waals surface area contributed by atoms with E-state index in [1.54, 1.807) is 35.9 Å². The lowest BCUT2D eigenvalue weighted by Gasteiger charge is -2.04. The zero-order chi connectivity index (χ0) is 17.6. The Labute approximate surface area is 147 Å². The Hall–Kier alpha value is -3.12. The molecule has 124 valence electrons. The van der Waals surface area contributed by atoms with Crippen LogP contribution in [0, 0.1) is 6.92 Å². The number of carbonyl (C=O) groups is 1. The molecule has 0 aliphatic rings. The summed E-state index contributed by atoms with van der Waals surface area (Å²) in [6.07, 6.45) is 1.51. The summed E-state index contributed by atoms with van der Waals surface area (Å²) >= 11 is 6.06. The second-order valence-electron chi connectivity index (χ2n) is 5.51. The molecule has 1 aromatic carbocycles. The van der Waals surface area contributed by atoms with Crippen molar-refractivity contribution >= 4 is 28.6 Å². The van der Waals surface area contributed by atoms with E-state index in [9.17, 15) is 9.90 Å². The zero-order valence-electron chi connectivity index (χ0n) is 13.1. The first-order valence-electron chi connectivity index (χ1n) is 7.48. The van der Waals surface area contributed by atoms with Gasteiger partial charge in [-0.3, -0.25) is 0 Å². The van der Waals surface area contributed by atoms with Crippen LogP contribution in [0.15, 0.2) is 53.1 Å². The summed E-state index contributed by atoms with van der Waals surface area (Å²) in [5.74, 6) is -0.562. The van der Waals surface area contributed by atoms with Gasteiger partial charge in [0.2, 0.25) is 0 Å². The van der Waals surface area contributed by atoms with Gasteiger partial charge in [0.15, 0.2) is 11.4 Å². The summed E-state index contributed by atoms with van der Waals surface area (Å²) in [6.45, 7) is 1.80. The van der Waals surface area contributed by atoms with Gasteiger partial charge in [-0.15, -0.1) is 5.10 Å². The van der Waals surface area contributed by atoms with E-state index in [0.717, 1.165) is 5.69 Å². The Morgan fingerprint density at radius 2 is 2.08 bits per heavy atom. The number of nitrogens with zero attached hydrogens (tertiary/aromatic N) is 3. The van der Waals surface area contributed by atoms with Crippen molar-refractivity contribution < 1.29 is 14.3 Å². The summed E-state index contributed by atoms with van der Waals surface area (Å²) in [6, 6.07) is 12.1. The van der Waals surface area contributed by atoms with Crippen LogP contribution in [-0.2, 0) is 0 Å². The summed E-state index contributed by atoms with van der Waals surface area (Å²) in [5, 5.41) is 15.2. The van der Waals surface area contributed by atoms with Crippen molar-refractivity contribution in [3.05, 3.63) is 65.0 Å². The minimum atomic E-state index is -1.05. The molecule has 0 unspecified atom stereocenters. The zero-order valence-corrected chi connectivity index (χ0v) is 13.9. The van der Waals surface area contributed by atoms with E-state index >= 15 is 0 Å². The van der Waals surface area contributed by atoms with Crippen molar-refractivity contribution in [2.45, 2.75) is 6.92 Å². The summed E-state index contributed by atoms with van der Waals surface area (Å²) in [5.41, 5.74) is 2.30. The fraction of sp³-hybridized carbons (Fsp3) is 0.0556. The molecule has 4 rings (SSSR count). The summed E-state index contributed by atoms with van der Waals surface area (Å²) in [4.78, 5) is 16.2. The highest BCUT2D eigenvalue weighted by Crippen LogP contribution is 2.29. The van der Waals surface area contributed by atoms with Crippen molar-refractivity contribution in [1.82, 2.24) is 14.8 Å². The van der Waals surface area contributed by atoms with Gasteiger partial charge in [-0.25, -0.2) is 14.5 Å². The third-order valence-corrected chi connectivity index (χ3v) is 4.17. The monoisotopic (exact) mass is 353 g/mol. The van der Waals surface area contributed by atoms with Gasteiger partial charge >= 0.3 is 5.97 Å². The van der Waals surface area contributed by atoms with E-state index in [2.05, 4.69) is 10.1 Å². The normalized spacial score (nSPS) is 11.1. The predicted octanol–water partition coefficient (Wildman–Crippen LogP) is 4.34. The highest BCUT2D eigenvalue weighted by Gasteiger charge is 2.20. The lowest BCUT2D eigenvalue weighted by atomic mass is 10.1. The molecule has 7 heteroatoms. The van der Waals surface area contributed by atoms with Gasteiger partial charge in [-0.2, -0.15) is 0 Å². The van der Waals surface area contributed by atoms with Crippen LogP contribution in [0.5, 0.6) is 0 Å². The Morgan fingerprint density at radius 1 is 1.24 bits per heavy atom. The molecule has 3 heterocycles. The molecule has 0 amide bonds. The molecule has 0 bridgehead atoms. The fourth-order valence-corrected chi connectivity index (χ4v) is 3.00. The molecule has 6 nitrogen and oxygen atoms in total. The van der Waals surface area contributed by atoms with E-state index in [-0.39, 0.29) is 5.56 Å². The van der Waals surface area contributed by atoms with Gasteiger partial charge < -0.3 is 9.52 Å². The number of pyridine rings is 1. The van der Waals surface area contributed by atoms with Gasteiger partial charge in [0.1, 0.15) is 5.69 Å². The van der Waals surface area contributed by atoms with E-state index in [0.29, 0.717) is 33.2 Å². The van der Waals surface area contributed by atoms with E-state index in [1.807, 2.05) is 12.1 Å². The van der Waals surface area contributed by atoms with Gasteiger partial charge in [0.25, 0.3) is 0 Å². The number of hydrogen-bond acceptors (Lipinski definition) is 4. The minimum absolute atomic E-state index is 0.127. The van der Waals surface area contributed by atoms with E-state index in [4.69, 9.17) is 16.0 Å². The van der Waals surface area contributed by atoms with Crippen LogP contribution in [0.4, 0.5) is 0 Å². The first-order valence-corrected chi connectivity index (χ1v) is 7.86. The number of rotatable bonds is 3. The average Bonchev–Trinajstić information content (AvgIpc) is 3.22. The summed E-state index contributed by atoms with van der Waals surface area (Å²) in [7, 11) is 0. The molecule has 1 N–H and O–H groups in total. The van der Waals surface area contributed by atoms with E-state index < -0.39 is 5.97 Å². The van der Waals surface area contributed by atoms with Crippen molar-refractivity contribution in [1.29, 1.82) is 0 Å². The van der Waals surface area contributed by atoms with Gasteiger partial charge in [0, 0.05) is 5.02 Å². The third-order valence-electron chi connectivity index (χ3n) is 3.93. The number of halogens is 1. The lowest BCUT2D eigenvalue weighted by molar-refractivity contribution is 0.0699. The van der Waals surface area contributed by atoms with Crippen LogP contribution in [0.2, 0.25) is 5.02 Å². The Morgan fingerprint density at radius 3 is 2.76 bits per heavy atom. The van der Waals surface area contributed by atoms with Gasteiger partial charge in [-0.1, -0.05) is 17.7 Å². The molecule has 25 heavy (non-hydrogen) atoms. The molecule has 0 atom stereocenters. The second kappa shape index (κ2) is 5.75. The van der Waals surface area contributed by atoms with Crippen LogP contribution in [0.3, 0.4) is 0 Å². The highest BCUT2D eigenvalue weighted by atomic mass is 35.5. The second-order valence-corrected chi connectivity index (χ2v) is 5.95. The fourth-order valence-electron chi connectivity index (χ4n) is 2.81. The quantitative estimate of drug-likeness (QED) is 0.592. The number of aryl methyl sites for hydroxylation is 1. The molecular weight excluding hydrogens is 342 g/mol. The van der Waals surface area contributed by atoms with Crippen LogP contribution in [-0.4, -0.2) is 25.8 Å². The largest absolute Gasteiger partial charge is 0.478 e. The maximum Gasteiger partial charge on any atom is 0.336 e. The van der Waals surface area contributed by atoms with Gasteiger partial charge in [0.05, 0.1) is 28.6 Å². The number of fused-ring (bicyclic) bond motifs is 1. The third kappa shape index (κ3) is 2.56. The van der Waals surface area contributed by atoms with Crippen LogP contribution < -0.4 is 0 Å². The molecule has 4 aromatic rings. The average molecular weight is 354 g/mol. The molecular formula is C18H12ClN3O3. The predicted molar refractivity (Wildman–Crippen MR) is 93.3 cm³/mol. The number of furan rings is 1. The highest BCUT2D eigenvalue weighted by molar-refractivity contribution is 6.30. The first kappa shape index (κ1) is 15.4. The SMILES string of the molecule is Cc1c2c(C(=O)O)cc(-c3ccco3)nc2nn1-c1cccc(Cl)c1. The number of benzene rings is 1. The molecule has 3 aromatic heterocycles. The standard InChI is InChI=1S/C18H12ClN3O3/c1-10-16-13(18(23)24)9-14(15-6-3-7-25-15)20-17(16)21-22(10)12-5-2-4-11(19)8-12/h2-9H,1H3,(H,23,24). The Bertz CT molecular complexity index is 1100. The van der Waals surface area contributed by atoms with Crippen molar-refractivity contribution in [2.75, 3.05) is 0 Å². The Kier molecular flexibility index (Phi) is 3.54. The molecule has 0 aliphatic carbocycles. The molecule has 0 aliphatic heterocycles. The molecule has 0 radical (unpaired) electrons. The van der Waals surface area contributed by atoms with Gasteiger partial charge in [-0.05, 0) is 43.3 Å². The van der Waals surface area contributed by atoms with E-state index in [1.165, 1.54) is 12.3 Å². The van der Waals surface area contributed by atoms with Crippen molar-refractivity contribution in [3.63, 3.8) is 0 Å². The number of aromatic carboxylic acids is 1. The molecule has 0 fully saturated rings. The molecule has 0 saturated heterocycles. The number of carboxylic acids is 1. The Balaban J connectivity index is 2.01. The van der Waals surface area contributed by atoms with Crippen LogP contribution in [0.25, 0.3) is 28.2 Å². The minimum Gasteiger partial charge on any atom is -0.478 e. The van der Waals surface area contributed by atoms with Crippen molar-refractivity contribution in [2.24, 2.45) is 0 Å². The number of carboxylic acid groups (broad SMARTS) is 1. The smallest absolute Gasteiger partial charge is 0.336 e. The lowest BCUT2D eigenvalue weighted by Crippen LogP contribution is -2.01. The van der Waals surface area contributed by atoms with Crippen molar-refractivity contribution in [3.8, 4) is 17.1 Å².